The smallest absolute Gasteiger partial charge is 0.231 e. The Bertz CT molecular complexity index is 865. The molecule has 0 atom stereocenters. The Morgan fingerprint density at radius 3 is 2.41 bits per heavy atom. The first kappa shape index (κ1) is 22.9. The summed E-state index contributed by atoms with van der Waals surface area (Å²) in [6.45, 7) is 5.02. The van der Waals surface area contributed by atoms with Crippen molar-refractivity contribution in [2.24, 2.45) is 11.8 Å². The molecule has 1 saturated carbocycles. The largest absolute Gasteiger partial charge is 0.506 e. The number of phenols is 1. The summed E-state index contributed by atoms with van der Waals surface area (Å²) in [5.41, 5.74) is 0.897. The van der Waals surface area contributed by atoms with E-state index in [0.29, 0.717) is 18.2 Å². The number of para-hydroxylation sites is 2. The molecule has 7 heteroatoms. The van der Waals surface area contributed by atoms with Crippen LogP contribution in [-0.2, 0) is 4.79 Å². The second kappa shape index (κ2) is 11.1. The van der Waals surface area contributed by atoms with E-state index in [1.807, 2.05) is 41.3 Å². The van der Waals surface area contributed by atoms with Gasteiger partial charge in [0.1, 0.15) is 11.6 Å². The van der Waals surface area contributed by atoms with Gasteiger partial charge < -0.3 is 10.0 Å². The Morgan fingerprint density at radius 1 is 1.03 bits per heavy atom. The fraction of sp³-hybridized carbons (Fsp3) is 0.520. The van der Waals surface area contributed by atoms with E-state index in [4.69, 9.17) is 0 Å². The van der Waals surface area contributed by atoms with E-state index in [-0.39, 0.29) is 11.8 Å². The van der Waals surface area contributed by atoms with Crippen LogP contribution in [0.25, 0.3) is 0 Å². The summed E-state index contributed by atoms with van der Waals surface area (Å²) >= 11 is 4.44. The molecule has 6 nitrogen and oxygen atoms in total. The number of carbonyl (C=O) groups is 1. The van der Waals surface area contributed by atoms with Crippen molar-refractivity contribution in [3.05, 3.63) is 48.7 Å². The predicted molar refractivity (Wildman–Crippen MR) is 133 cm³/mol. The van der Waals surface area contributed by atoms with Crippen molar-refractivity contribution >= 4 is 30.0 Å². The van der Waals surface area contributed by atoms with E-state index in [1.165, 1.54) is 0 Å². The van der Waals surface area contributed by atoms with Gasteiger partial charge in [-0.3, -0.25) is 14.6 Å². The third-order valence-electron chi connectivity index (χ3n) is 6.88. The Balaban J connectivity index is 1.35. The maximum Gasteiger partial charge on any atom is 0.231 e. The van der Waals surface area contributed by atoms with E-state index in [9.17, 15) is 9.90 Å². The highest BCUT2D eigenvalue weighted by Crippen LogP contribution is 2.31. The van der Waals surface area contributed by atoms with E-state index >= 15 is 0 Å². The van der Waals surface area contributed by atoms with Crippen LogP contribution in [0.3, 0.4) is 0 Å². The quantitative estimate of drug-likeness (QED) is 0.625. The van der Waals surface area contributed by atoms with Crippen molar-refractivity contribution in [1.29, 1.82) is 0 Å². The van der Waals surface area contributed by atoms with Gasteiger partial charge in [0.2, 0.25) is 5.91 Å². The molecular formula is C25H34N4O2S. The van der Waals surface area contributed by atoms with Gasteiger partial charge in [0.05, 0.1) is 5.69 Å². The molecule has 2 aliphatic rings. The Morgan fingerprint density at radius 2 is 1.75 bits per heavy atom. The first-order valence-corrected chi connectivity index (χ1v) is 12.4. The lowest BCUT2D eigenvalue weighted by atomic mass is 9.82. The molecule has 1 aliphatic heterocycles. The molecule has 32 heavy (non-hydrogen) atoms. The van der Waals surface area contributed by atoms with Gasteiger partial charge in [-0.25, -0.2) is 4.98 Å². The number of benzene rings is 1. The summed E-state index contributed by atoms with van der Waals surface area (Å²) in [7, 11) is 0. The topological polar surface area (TPSA) is 59.9 Å². The second-order valence-electron chi connectivity index (χ2n) is 8.90. The summed E-state index contributed by atoms with van der Waals surface area (Å²) in [6.07, 6.45) is 5.84. The summed E-state index contributed by atoms with van der Waals surface area (Å²) in [4.78, 5) is 24.5. The molecule has 1 aliphatic carbocycles. The van der Waals surface area contributed by atoms with Crippen molar-refractivity contribution < 1.29 is 9.90 Å². The van der Waals surface area contributed by atoms with Crippen LogP contribution in [-0.4, -0.2) is 65.9 Å². The number of hydrogen-bond acceptors (Lipinski definition) is 6. The number of thiol groups is 1. The third-order valence-corrected chi connectivity index (χ3v) is 7.40. The van der Waals surface area contributed by atoms with Crippen molar-refractivity contribution in [1.82, 2.24) is 9.88 Å². The SMILES string of the molecule is O=C(C1CCC(CS)CC1)N(CCN1CCN(c2ccccc2O)CC1)c1ccccn1. The molecule has 1 aromatic heterocycles. The van der Waals surface area contributed by atoms with E-state index in [1.54, 1.807) is 12.3 Å². The number of aromatic nitrogens is 1. The number of amides is 1. The van der Waals surface area contributed by atoms with Gasteiger partial charge >= 0.3 is 0 Å². The van der Waals surface area contributed by atoms with Gasteiger partial charge in [-0.15, -0.1) is 0 Å². The molecule has 2 heterocycles. The molecule has 0 unspecified atom stereocenters. The van der Waals surface area contributed by atoms with Crippen molar-refractivity contribution in [3.8, 4) is 5.75 Å². The molecule has 2 fully saturated rings. The van der Waals surface area contributed by atoms with Gasteiger partial charge in [-0.05, 0) is 61.6 Å². The fourth-order valence-electron chi connectivity index (χ4n) is 4.85. The maximum atomic E-state index is 13.5. The van der Waals surface area contributed by atoms with Crippen molar-refractivity contribution in [2.45, 2.75) is 25.7 Å². The lowest BCUT2D eigenvalue weighted by Crippen LogP contribution is -2.50. The number of pyridine rings is 1. The first-order valence-electron chi connectivity index (χ1n) is 11.7. The van der Waals surface area contributed by atoms with E-state index in [2.05, 4.69) is 27.4 Å². The van der Waals surface area contributed by atoms with Gasteiger partial charge in [0, 0.05) is 51.4 Å². The van der Waals surface area contributed by atoms with Crippen LogP contribution in [0.5, 0.6) is 5.75 Å². The van der Waals surface area contributed by atoms with Crippen LogP contribution in [0, 0.1) is 11.8 Å². The van der Waals surface area contributed by atoms with Crippen molar-refractivity contribution in [3.63, 3.8) is 0 Å². The highest BCUT2D eigenvalue weighted by molar-refractivity contribution is 7.80. The zero-order valence-corrected chi connectivity index (χ0v) is 19.5. The lowest BCUT2D eigenvalue weighted by molar-refractivity contribution is -0.123. The number of aromatic hydroxyl groups is 1. The summed E-state index contributed by atoms with van der Waals surface area (Å²) in [5, 5.41) is 10.1. The van der Waals surface area contributed by atoms with Crippen LogP contribution in [0.2, 0.25) is 0 Å². The average molecular weight is 455 g/mol. The van der Waals surface area contributed by atoms with Crippen LogP contribution in [0.1, 0.15) is 25.7 Å². The van der Waals surface area contributed by atoms with Gasteiger partial charge in [0.25, 0.3) is 0 Å². The van der Waals surface area contributed by atoms with Gasteiger partial charge in [-0.1, -0.05) is 18.2 Å². The Hall–Kier alpha value is -2.25. The van der Waals surface area contributed by atoms with Crippen molar-refractivity contribution in [2.75, 3.05) is 54.8 Å². The van der Waals surface area contributed by atoms with Gasteiger partial charge in [-0.2, -0.15) is 12.6 Å². The molecule has 0 bridgehead atoms. The monoisotopic (exact) mass is 454 g/mol. The van der Waals surface area contributed by atoms with Crippen LogP contribution in [0.4, 0.5) is 11.5 Å². The Labute approximate surface area is 196 Å². The average Bonchev–Trinajstić information content (AvgIpc) is 2.85. The van der Waals surface area contributed by atoms with Gasteiger partial charge in [0.15, 0.2) is 0 Å². The molecule has 1 saturated heterocycles. The van der Waals surface area contributed by atoms with Crippen LogP contribution >= 0.6 is 12.6 Å². The minimum Gasteiger partial charge on any atom is -0.506 e. The van der Waals surface area contributed by atoms with Crippen LogP contribution < -0.4 is 9.80 Å². The molecule has 1 N–H and O–H groups in total. The fourth-order valence-corrected chi connectivity index (χ4v) is 5.21. The standard InChI is InChI=1S/C25H34N4O2S/c30-23-6-2-1-5-22(23)28-16-13-27(14-17-28)15-18-29(24-7-3-4-12-26-24)25(31)21-10-8-20(19-32)9-11-21/h1-7,12,20-21,30,32H,8-11,13-19H2. The number of anilines is 2. The Kier molecular flexibility index (Phi) is 7.92. The minimum atomic E-state index is 0.0889. The highest BCUT2D eigenvalue weighted by Gasteiger charge is 2.30. The normalized spacial score (nSPS) is 22.0. The van der Waals surface area contributed by atoms with Crippen LogP contribution in [0.15, 0.2) is 48.7 Å². The highest BCUT2D eigenvalue weighted by atomic mass is 32.1. The number of piperazine rings is 1. The minimum absolute atomic E-state index is 0.0889. The summed E-state index contributed by atoms with van der Waals surface area (Å²) in [6, 6.07) is 13.3. The number of rotatable bonds is 7. The summed E-state index contributed by atoms with van der Waals surface area (Å²) in [5.74, 6) is 2.95. The molecule has 1 amide bonds. The predicted octanol–water partition coefficient (Wildman–Crippen LogP) is 3.68. The second-order valence-corrected chi connectivity index (χ2v) is 9.26. The number of phenolic OH excluding ortho intramolecular Hbond substituents is 1. The third kappa shape index (κ3) is 5.56. The maximum absolute atomic E-state index is 13.5. The molecule has 172 valence electrons. The molecule has 2 aromatic rings. The lowest BCUT2D eigenvalue weighted by Gasteiger charge is -2.37. The molecule has 4 rings (SSSR count). The first-order chi connectivity index (χ1) is 15.7. The number of nitrogens with zero attached hydrogens (tertiary/aromatic N) is 4. The molecule has 0 spiro atoms. The zero-order chi connectivity index (χ0) is 22.3. The number of carbonyl (C=O) groups excluding carboxylic acids is 1. The molecular weight excluding hydrogens is 420 g/mol. The van der Waals surface area contributed by atoms with E-state index in [0.717, 1.165) is 75.7 Å². The molecule has 0 radical (unpaired) electrons. The molecule has 1 aromatic carbocycles. The van der Waals surface area contributed by atoms with E-state index < -0.39 is 0 Å². The number of hydrogen-bond donors (Lipinski definition) is 2. The summed E-state index contributed by atoms with van der Waals surface area (Å²) < 4.78 is 0. The zero-order valence-electron chi connectivity index (χ0n) is 18.6.